The predicted molar refractivity (Wildman–Crippen MR) is 89.6 cm³/mol. The van der Waals surface area contributed by atoms with Gasteiger partial charge < -0.3 is 4.90 Å². The molecule has 0 spiro atoms. The molecule has 0 N–H and O–H groups in total. The summed E-state index contributed by atoms with van der Waals surface area (Å²) in [6.45, 7) is 1.62. The van der Waals surface area contributed by atoms with E-state index in [0.29, 0.717) is 12.3 Å². The zero-order chi connectivity index (χ0) is 16.1. The van der Waals surface area contributed by atoms with Crippen LogP contribution >= 0.6 is 0 Å². The normalized spacial score (nSPS) is 15.6. The van der Waals surface area contributed by atoms with E-state index in [1.54, 1.807) is 6.07 Å². The van der Waals surface area contributed by atoms with Crippen LogP contribution in [0.3, 0.4) is 0 Å². The predicted octanol–water partition coefficient (Wildman–Crippen LogP) is 3.85. The zero-order valence-corrected chi connectivity index (χ0v) is 13.2. The first-order valence-electron chi connectivity index (χ1n) is 8.27. The van der Waals surface area contributed by atoms with Gasteiger partial charge in [-0.1, -0.05) is 42.5 Å². The molecule has 0 saturated carbocycles. The van der Waals surface area contributed by atoms with Gasteiger partial charge in [0.05, 0.1) is 6.42 Å². The van der Waals surface area contributed by atoms with E-state index in [9.17, 15) is 9.18 Å². The van der Waals surface area contributed by atoms with Crippen molar-refractivity contribution in [2.24, 2.45) is 5.92 Å². The van der Waals surface area contributed by atoms with Crippen LogP contribution < -0.4 is 0 Å². The highest BCUT2D eigenvalue weighted by molar-refractivity contribution is 5.78. The molecule has 1 amide bonds. The van der Waals surface area contributed by atoms with Gasteiger partial charge in [-0.2, -0.15) is 0 Å². The lowest BCUT2D eigenvalue weighted by molar-refractivity contribution is -0.131. The third-order valence-electron chi connectivity index (χ3n) is 4.58. The summed E-state index contributed by atoms with van der Waals surface area (Å²) in [5, 5.41) is 0. The molecule has 1 fully saturated rings. The number of nitrogens with zero attached hydrogens (tertiary/aromatic N) is 1. The molecule has 2 aromatic rings. The first-order chi connectivity index (χ1) is 11.2. The van der Waals surface area contributed by atoms with Crippen LogP contribution in [0.1, 0.15) is 24.0 Å². The summed E-state index contributed by atoms with van der Waals surface area (Å²) in [5.41, 5.74) is 2.12. The van der Waals surface area contributed by atoms with Crippen LogP contribution in [0.5, 0.6) is 0 Å². The highest BCUT2D eigenvalue weighted by Gasteiger charge is 2.22. The van der Waals surface area contributed by atoms with Crippen LogP contribution in [-0.2, 0) is 17.6 Å². The van der Waals surface area contributed by atoms with Crippen molar-refractivity contribution in [2.45, 2.75) is 25.7 Å². The number of amides is 1. The number of rotatable bonds is 4. The van der Waals surface area contributed by atoms with Crippen molar-refractivity contribution in [2.75, 3.05) is 13.1 Å². The molecule has 0 atom stereocenters. The van der Waals surface area contributed by atoms with Gasteiger partial charge in [-0.25, -0.2) is 4.39 Å². The average Bonchev–Trinajstić information content (AvgIpc) is 2.56. The third-order valence-corrected chi connectivity index (χ3v) is 4.58. The lowest BCUT2D eigenvalue weighted by atomic mass is 9.90. The van der Waals surface area contributed by atoms with Crippen molar-refractivity contribution in [3.05, 3.63) is 71.5 Å². The molecule has 3 heteroatoms. The highest BCUT2D eigenvalue weighted by Crippen LogP contribution is 2.22. The molecule has 3 rings (SSSR count). The monoisotopic (exact) mass is 311 g/mol. The second kappa shape index (κ2) is 7.40. The highest BCUT2D eigenvalue weighted by atomic mass is 19.1. The molecule has 2 nitrogen and oxygen atoms in total. The number of likely N-dealkylation sites (tertiary alicyclic amines) is 1. The molecule has 2 aromatic carbocycles. The molecule has 0 aromatic heterocycles. The number of benzene rings is 2. The largest absolute Gasteiger partial charge is 0.342 e. The molecular formula is C20H22FNO. The Morgan fingerprint density at radius 2 is 1.70 bits per heavy atom. The SMILES string of the molecule is O=C(Cc1cccc(F)c1)N1CCC(Cc2ccccc2)CC1. The maximum atomic E-state index is 13.2. The molecule has 1 aliphatic rings. The summed E-state index contributed by atoms with van der Waals surface area (Å²) in [6.07, 6.45) is 3.47. The standard InChI is InChI=1S/C20H22FNO/c21-19-8-4-7-18(14-19)15-20(23)22-11-9-17(10-12-22)13-16-5-2-1-3-6-16/h1-8,14,17H,9-13,15H2. The smallest absolute Gasteiger partial charge is 0.226 e. The number of carbonyl (C=O) groups is 1. The van der Waals surface area contributed by atoms with Crippen LogP contribution in [0.25, 0.3) is 0 Å². The number of hydrogen-bond donors (Lipinski definition) is 0. The summed E-state index contributed by atoms with van der Waals surface area (Å²) in [7, 11) is 0. The molecule has 0 aliphatic carbocycles. The van der Waals surface area contributed by atoms with Crippen molar-refractivity contribution in [1.29, 1.82) is 0 Å². The van der Waals surface area contributed by atoms with E-state index in [4.69, 9.17) is 0 Å². The Labute approximate surface area is 136 Å². The fraction of sp³-hybridized carbons (Fsp3) is 0.350. The van der Waals surface area contributed by atoms with Gasteiger partial charge in [0.15, 0.2) is 0 Å². The van der Waals surface area contributed by atoms with Gasteiger partial charge in [0.25, 0.3) is 0 Å². The van der Waals surface area contributed by atoms with Crippen molar-refractivity contribution >= 4 is 5.91 Å². The molecule has 1 saturated heterocycles. The molecule has 0 radical (unpaired) electrons. The van der Waals surface area contributed by atoms with Crippen molar-refractivity contribution in [3.8, 4) is 0 Å². The molecule has 23 heavy (non-hydrogen) atoms. The number of carbonyl (C=O) groups excluding carboxylic acids is 1. The fourth-order valence-corrected chi connectivity index (χ4v) is 3.27. The minimum atomic E-state index is -0.281. The molecule has 1 aliphatic heterocycles. The molecular weight excluding hydrogens is 289 g/mol. The average molecular weight is 311 g/mol. The van der Waals surface area contributed by atoms with Gasteiger partial charge >= 0.3 is 0 Å². The van der Waals surface area contributed by atoms with E-state index < -0.39 is 0 Å². The molecule has 0 bridgehead atoms. The van der Waals surface area contributed by atoms with E-state index >= 15 is 0 Å². The first kappa shape index (κ1) is 15.7. The van der Waals surface area contributed by atoms with Crippen LogP contribution in [0.4, 0.5) is 4.39 Å². The Morgan fingerprint density at radius 1 is 1.00 bits per heavy atom. The van der Waals surface area contributed by atoms with E-state index in [0.717, 1.165) is 37.9 Å². The van der Waals surface area contributed by atoms with E-state index in [-0.39, 0.29) is 11.7 Å². The summed E-state index contributed by atoms with van der Waals surface area (Å²) >= 11 is 0. The topological polar surface area (TPSA) is 20.3 Å². The quantitative estimate of drug-likeness (QED) is 0.840. The molecule has 0 unspecified atom stereocenters. The fourth-order valence-electron chi connectivity index (χ4n) is 3.27. The lowest BCUT2D eigenvalue weighted by Gasteiger charge is -2.32. The minimum absolute atomic E-state index is 0.105. The van der Waals surface area contributed by atoms with Crippen molar-refractivity contribution in [1.82, 2.24) is 4.90 Å². The minimum Gasteiger partial charge on any atom is -0.342 e. The lowest BCUT2D eigenvalue weighted by Crippen LogP contribution is -2.39. The molecule has 120 valence electrons. The van der Waals surface area contributed by atoms with Crippen LogP contribution in [-0.4, -0.2) is 23.9 Å². The Hall–Kier alpha value is -2.16. The second-order valence-corrected chi connectivity index (χ2v) is 6.32. The second-order valence-electron chi connectivity index (χ2n) is 6.32. The van der Waals surface area contributed by atoms with Gasteiger partial charge in [0.2, 0.25) is 5.91 Å². The summed E-state index contributed by atoms with van der Waals surface area (Å²) in [5.74, 6) is 0.473. The van der Waals surface area contributed by atoms with E-state index in [2.05, 4.69) is 24.3 Å². The van der Waals surface area contributed by atoms with Gasteiger partial charge in [0, 0.05) is 13.1 Å². The van der Waals surface area contributed by atoms with Crippen molar-refractivity contribution in [3.63, 3.8) is 0 Å². The van der Waals surface area contributed by atoms with Gasteiger partial charge in [-0.05, 0) is 48.4 Å². The maximum Gasteiger partial charge on any atom is 0.226 e. The van der Waals surface area contributed by atoms with Gasteiger partial charge in [0.1, 0.15) is 5.82 Å². The van der Waals surface area contributed by atoms with Gasteiger partial charge in [-0.3, -0.25) is 4.79 Å². The summed E-state index contributed by atoms with van der Waals surface area (Å²) < 4.78 is 13.2. The van der Waals surface area contributed by atoms with Crippen LogP contribution in [0, 0.1) is 11.7 Å². The van der Waals surface area contributed by atoms with Crippen molar-refractivity contribution < 1.29 is 9.18 Å². The van der Waals surface area contributed by atoms with Crippen LogP contribution in [0.15, 0.2) is 54.6 Å². The Bertz CT molecular complexity index is 648. The third kappa shape index (κ3) is 4.41. The Morgan fingerprint density at radius 3 is 2.39 bits per heavy atom. The molecule has 1 heterocycles. The number of piperidine rings is 1. The maximum absolute atomic E-state index is 13.2. The first-order valence-corrected chi connectivity index (χ1v) is 8.27. The Balaban J connectivity index is 1.49. The summed E-state index contributed by atoms with van der Waals surface area (Å²) in [4.78, 5) is 14.3. The Kier molecular flexibility index (Phi) is 5.06. The van der Waals surface area contributed by atoms with E-state index in [1.807, 2.05) is 17.0 Å². The zero-order valence-electron chi connectivity index (χ0n) is 13.2. The number of hydrogen-bond acceptors (Lipinski definition) is 1. The van der Waals surface area contributed by atoms with Gasteiger partial charge in [-0.15, -0.1) is 0 Å². The van der Waals surface area contributed by atoms with Crippen LogP contribution in [0.2, 0.25) is 0 Å². The summed E-state index contributed by atoms with van der Waals surface area (Å²) in [6, 6.07) is 16.8. The number of halogens is 1. The van der Waals surface area contributed by atoms with E-state index in [1.165, 1.54) is 17.7 Å².